The van der Waals surface area contributed by atoms with E-state index >= 15 is 0 Å². The second-order valence-electron chi connectivity index (χ2n) is 14.0. The van der Waals surface area contributed by atoms with E-state index in [1.54, 1.807) is 20.8 Å². The van der Waals surface area contributed by atoms with Crippen molar-refractivity contribution in [2.24, 2.45) is 28.9 Å². The van der Waals surface area contributed by atoms with Gasteiger partial charge in [0.15, 0.2) is 5.78 Å². The molecule has 4 aliphatic carbocycles. The molecular formula is C33H48N4O7S. The normalized spacial score (nSPS) is 28.0. The predicted molar refractivity (Wildman–Crippen MR) is 171 cm³/mol. The summed E-state index contributed by atoms with van der Waals surface area (Å²) >= 11 is 1.52. The zero-order chi connectivity index (χ0) is 33.0. The average molecular weight is 645 g/mol. The van der Waals surface area contributed by atoms with Crippen LogP contribution in [0.3, 0.4) is 0 Å². The molecule has 1 aromatic carbocycles. The molecule has 11 nitrogen and oxygen atoms in total. The number of ketones is 1. The lowest BCUT2D eigenvalue weighted by molar-refractivity contribution is -0.188. The third-order valence-electron chi connectivity index (χ3n) is 9.32. The molecule has 0 heterocycles. The van der Waals surface area contributed by atoms with Crippen LogP contribution in [0.25, 0.3) is 0 Å². The van der Waals surface area contributed by atoms with Gasteiger partial charge in [0.1, 0.15) is 11.6 Å². The molecule has 3 amide bonds. The number of esters is 1. The number of thioether (sulfide) groups is 1. The second kappa shape index (κ2) is 14.1. The van der Waals surface area contributed by atoms with Crippen LogP contribution in [0.15, 0.2) is 30.3 Å². The van der Waals surface area contributed by atoms with E-state index in [4.69, 9.17) is 15.2 Å². The van der Waals surface area contributed by atoms with Crippen molar-refractivity contribution in [3.63, 3.8) is 0 Å². The van der Waals surface area contributed by atoms with Crippen LogP contribution in [-0.4, -0.2) is 78.5 Å². The van der Waals surface area contributed by atoms with Crippen LogP contribution >= 0.6 is 11.8 Å². The maximum Gasteiger partial charge on any atom is 0.408 e. The van der Waals surface area contributed by atoms with Crippen LogP contribution in [0.5, 0.6) is 0 Å². The van der Waals surface area contributed by atoms with Gasteiger partial charge in [-0.1, -0.05) is 30.3 Å². The van der Waals surface area contributed by atoms with Gasteiger partial charge < -0.3 is 31.2 Å². The number of benzene rings is 1. The fourth-order valence-electron chi connectivity index (χ4n) is 8.05. The minimum absolute atomic E-state index is 0.201. The summed E-state index contributed by atoms with van der Waals surface area (Å²) in [5.41, 5.74) is 5.23. The van der Waals surface area contributed by atoms with E-state index in [1.807, 2.05) is 36.6 Å². The van der Waals surface area contributed by atoms with E-state index in [-0.39, 0.29) is 24.0 Å². The van der Waals surface area contributed by atoms with Gasteiger partial charge in [0.25, 0.3) is 0 Å². The molecule has 5 rings (SSSR count). The number of nitrogens with one attached hydrogen (secondary N) is 3. The van der Waals surface area contributed by atoms with Crippen LogP contribution in [-0.2, 0) is 35.1 Å². The molecule has 0 aromatic heterocycles. The van der Waals surface area contributed by atoms with Gasteiger partial charge >= 0.3 is 12.1 Å². The first-order chi connectivity index (χ1) is 21.2. The summed E-state index contributed by atoms with van der Waals surface area (Å²) in [5, 5.41) is 8.04. The average Bonchev–Trinajstić information content (AvgIpc) is 2.95. The molecule has 4 fully saturated rings. The number of Topliss-reactive ketones (excluding diaryl/α,β-unsaturated/α-hetero) is 1. The van der Waals surface area contributed by atoms with E-state index in [2.05, 4.69) is 16.0 Å². The number of methoxy groups -OCH3 is 1. The van der Waals surface area contributed by atoms with E-state index in [0.29, 0.717) is 37.9 Å². The number of hydrogen-bond donors (Lipinski definition) is 4. The van der Waals surface area contributed by atoms with Crippen LogP contribution < -0.4 is 21.7 Å². The topological polar surface area (TPSA) is 166 Å². The van der Waals surface area contributed by atoms with Gasteiger partial charge in [0.2, 0.25) is 11.8 Å². The van der Waals surface area contributed by atoms with Crippen molar-refractivity contribution in [2.45, 2.75) is 88.9 Å². The molecule has 1 aromatic rings. The molecule has 4 bridgehead atoms. The highest BCUT2D eigenvalue weighted by Gasteiger charge is 2.68. The third kappa shape index (κ3) is 8.19. The van der Waals surface area contributed by atoms with Crippen molar-refractivity contribution >= 4 is 41.4 Å². The van der Waals surface area contributed by atoms with Gasteiger partial charge in [-0.15, -0.1) is 0 Å². The van der Waals surface area contributed by atoms with E-state index in [9.17, 15) is 24.0 Å². The largest absolute Gasteiger partial charge is 0.469 e. The zero-order valence-corrected chi connectivity index (χ0v) is 27.8. The summed E-state index contributed by atoms with van der Waals surface area (Å²) < 4.78 is 10.6. The summed E-state index contributed by atoms with van der Waals surface area (Å²) in [6.45, 7) is 4.77. The van der Waals surface area contributed by atoms with Crippen LogP contribution in [0.2, 0.25) is 0 Å². The number of hydrogen-bond acceptors (Lipinski definition) is 9. The Hall–Kier alpha value is -3.12. The van der Waals surface area contributed by atoms with Crippen LogP contribution in [0, 0.1) is 23.2 Å². The van der Waals surface area contributed by atoms with Crippen molar-refractivity contribution in [3.8, 4) is 0 Å². The minimum Gasteiger partial charge on any atom is -0.469 e. The first-order valence-electron chi connectivity index (χ1n) is 15.7. The Morgan fingerprint density at radius 1 is 1.00 bits per heavy atom. The molecule has 248 valence electrons. The SMILES string of the molecule is COC(=O)C12CC3CC(CC(N)(C3)C1C(=O)[C@H](Cc1ccccc1)NC(=O)CNC(=O)[C@@H](CCSC)NC(=O)OC(C)(C)C)C2. The van der Waals surface area contributed by atoms with E-state index < -0.39 is 65.0 Å². The molecule has 0 aliphatic heterocycles. The number of nitrogens with two attached hydrogens (primary N) is 1. The first-order valence-corrected chi connectivity index (χ1v) is 17.1. The van der Waals surface area contributed by atoms with Crippen molar-refractivity contribution in [1.29, 1.82) is 0 Å². The summed E-state index contributed by atoms with van der Waals surface area (Å²) in [7, 11) is 1.35. The van der Waals surface area contributed by atoms with Gasteiger partial charge in [-0.05, 0) is 95.1 Å². The van der Waals surface area contributed by atoms with Crippen molar-refractivity contribution in [3.05, 3.63) is 35.9 Å². The summed E-state index contributed by atoms with van der Waals surface area (Å²) in [5.74, 6) is -1.48. The van der Waals surface area contributed by atoms with Gasteiger partial charge in [-0.25, -0.2) is 4.79 Å². The molecule has 5 N–H and O–H groups in total. The van der Waals surface area contributed by atoms with Crippen molar-refractivity contribution in [1.82, 2.24) is 16.0 Å². The third-order valence-corrected chi connectivity index (χ3v) is 9.96. The Bertz CT molecular complexity index is 1250. The molecule has 5 atom stereocenters. The van der Waals surface area contributed by atoms with E-state index in [0.717, 1.165) is 12.0 Å². The van der Waals surface area contributed by atoms with Gasteiger partial charge in [0.05, 0.1) is 31.0 Å². The quantitative estimate of drug-likeness (QED) is 0.236. The Labute approximate surface area is 269 Å². The number of amides is 3. The highest BCUT2D eigenvalue weighted by molar-refractivity contribution is 7.98. The molecular weight excluding hydrogens is 596 g/mol. The van der Waals surface area contributed by atoms with Gasteiger partial charge in [-0.2, -0.15) is 11.8 Å². The Morgan fingerprint density at radius 3 is 2.22 bits per heavy atom. The number of alkyl carbamates (subject to hydrolysis) is 1. The fraction of sp³-hybridized carbons (Fsp3) is 0.667. The fourth-order valence-corrected chi connectivity index (χ4v) is 8.52. The van der Waals surface area contributed by atoms with Crippen LogP contribution in [0.4, 0.5) is 4.79 Å². The second-order valence-corrected chi connectivity index (χ2v) is 15.0. The summed E-state index contributed by atoms with van der Waals surface area (Å²) in [4.78, 5) is 66.7. The number of ether oxygens (including phenoxy) is 2. The number of carbonyl (C=O) groups excluding carboxylic acids is 5. The molecule has 0 saturated heterocycles. The molecule has 45 heavy (non-hydrogen) atoms. The van der Waals surface area contributed by atoms with Crippen molar-refractivity contribution in [2.75, 3.05) is 25.7 Å². The van der Waals surface area contributed by atoms with Crippen molar-refractivity contribution < 1.29 is 33.4 Å². The summed E-state index contributed by atoms with van der Waals surface area (Å²) in [6.07, 6.45) is 5.11. The monoisotopic (exact) mass is 644 g/mol. The lowest BCUT2D eigenvalue weighted by Crippen LogP contribution is -2.72. The highest BCUT2D eigenvalue weighted by atomic mass is 32.2. The first kappa shape index (κ1) is 34.7. The number of rotatable bonds is 13. The maximum absolute atomic E-state index is 14.6. The highest BCUT2D eigenvalue weighted by Crippen LogP contribution is 2.64. The molecule has 0 spiro atoms. The van der Waals surface area contributed by atoms with Gasteiger partial charge in [-0.3, -0.25) is 19.2 Å². The lowest BCUT2D eigenvalue weighted by atomic mass is 9.41. The smallest absolute Gasteiger partial charge is 0.408 e. The summed E-state index contributed by atoms with van der Waals surface area (Å²) in [6, 6.07) is 7.44. The molecule has 12 heteroatoms. The van der Waals surface area contributed by atoms with E-state index in [1.165, 1.54) is 18.9 Å². The zero-order valence-electron chi connectivity index (χ0n) is 27.0. The molecule has 0 radical (unpaired) electrons. The molecule has 4 aliphatic rings. The Balaban J connectivity index is 1.51. The number of carbonyl (C=O) groups is 5. The Kier molecular flexibility index (Phi) is 10.9. The van der Waals surface area contributed by atoms with Gasteiger partial charge in [0, 0.05) is 5.54 Å². The molecule has 3 unspecified atom stereocenters. The minimum atomic E-state index is -1.02. The van der Waals surface area contributed by atoms with Crippen LogP contribution in [0.1, 0.15) is 64.9 Å². The predicted octanol–water partition coefficient (Wildman–Crippen LogP) is 2.74. The maximum atomic E-state index is 14.6. The lowest BCUT2D eigenvalue weighted by Gasteiger charge is -2.63. The standard InChI is InChI=1S/C33H48N4O7S/c1-31(2,3)44-30(42)37-23(11-12-45-5)28(40)35-19-25(38)36-24(14-20-9-7-6-8-10-20)26(39)27-32(29(41)43-4)15-21-13-22(16-32)18-33(27,34)17-21/h6-10,21-24,27H,11-19,34H2,1-5H3,(H,35,40)(H,36,38)(H,37,42)/t21?,22?,23-,24+,27?,32?,33?/m1/s1. The Morgan fingerprint density at radius 2 is 1.64 bits per heavy atom. The molecule has 4 saturated carbocycles.